The maximum Gasteiger partial charge on any atom is 0.113 e. The summed E-state index contributed by atoms with van der Waals surface area (Å²) < 4.78 is 2.32. The lowest BCUT2D eigenvalue weighted by molar-refractivity contribution is -0.107. The van der Waals surface area contributed by atoms with Crippen molar-refractivity contribution in [3.05, 3.63) is 265 Å². The van der Waals surface area contributed by atoms with E-state index >= 15 is 0 Å². The number of hydrogen-bond acceptors (Lipinski definition) is 2. The molecule has 0 bridgehead atoms. The van der Waals surface area contributed by atoms with E-state index in [0.717, 1.165) is 46.5 Å². The Morgan fingerprint density at radius 3 is 0.842 bits per heavy atom. The highest BCUT2D eigenvalue weighted by atomic mass is 79.9. The summed E-state index contributed by atoms with van der Waals surface area (Å²) in [6.45, 7) is 6.31. The molecule has 0 fully saturated rings. The molecule has 2 nitrogen and oxygen atoms in total. The molecule has 2 radical (unpaired) electrons. The molecule has 0 aromatic heterocycles. The summed E-state index contributed by atoms with van der Waals surface area (Å²) in [5, 5.41) is 18.2. The Hall–Kier alpha value is -6.86. The summed E-state index contributed by atoms with van der Waals surface area (Å²) in [6.07, 6.45) is 5.14. The molecule has 5 aliphatic carbocycles. The van der Waals surface area contributed by atoms with Crippen molar-refractivity contribution < 1.29 is 10.2 Å². The molecule has 0 aliphatic heterocycles. The van der Waals surface area contributed by atoms with Crippen LogP contribution in [0.1, 0.15) is 83.3 Å². The Balaban J connectivity index is 0.000000128. The zero-order chi connectivity index (χ0) is 52.5. The minimum absolute atomic E-state index is 0.858. The monoisotopic (exact) mass is 1110 g/mol. The van der Waals surface area contributed by atoms with Crippen molar-refractivity contribution in [2.45, 2.75) is 71.0 Å². The third-order valence-corrected chi connectivity index (χ3v) is 17.2. The van der Waals surface area contributed by atoms with Gasteiger partial charge in [-0.2, -0.15) is 0 Å². The average molecular weight is 1110 g/mol. The van der Waals surface area contributed by atoms with E-state index in [1.54, 1.807) is 27.7 Å². The second-order valence-electron chi connectivity index (χ2n) is 22.0. The molecular weight excluding hydrogens is 1060 g/mol. The van der Waals surface area contributed by atoms with Crippen molar-refractivity contribution in [2.24, 2.45) is 0 Å². The summed E-state index contributed by atoms with van der Waals surface area (Å²) in [4.78, 5) is 0. The van der Waals surface area contributed by atoms with E-state index in [9.17, 15) is 0 Å². The third-order valence-electron chi connectivity index (χ3n) is 16.3. The van der Waals surface area contributed by atoms with Crippen molar-refractivity contribution in [3.8, 4) is 77.9 Å². The number of rotatable bonds is 3. The van der Waals surface area contributed by atoms with Gasteiger partial charge in [0.05, 0.1) is 11.2 Å². The Kier molecular flexibility index (Phi) is 13.1. The molecule has 370 valence electrons. The van der Waals surface area contributed by atoms with Crippen LogP contribution in [0, 0.1) is 0 Å². The van der Waals surface area contributed by atoms with E-state index in [0.29, 0.717) is 0 Å². The first kappa shape index (κ1) is 50.0. The van der Waals surface area contributed by atoms with Gasteiger partial charge < -0.3 is 10.2 Å². The Morgan fingerprint density at radius 2 is 0.526 bits per heavy atom. The number of halogens is 2. The highest BCUT2D eigenvalue weighted by molar-refractivity contribution is 9.10. The van der Waals surface area contributed by atoms with Gasteiger partial charge in [0.2, 0.25) is 0 Å². The van der Waals surface area contributed by atoms with Crippen LogP contribution >= 0.6 is 31.9 Å². The molecule has 10 aromatic rings. The maximum atomic E-state index is 9.10. The molecule has 0 amide bonds. The van der Waals surface area contributed by atoms with Crippen molar-refractivity contribution in [2.75, 3.05) is 0 Å². The molecule has 0 unspecified atom stereocenters. The minimum Gasteiger partial charge on any atom is -0.387 e. The first-order chi connectivity index (χ1) is 36.6. The van der Waals surface area contributed by atoms with Gasteiger partial charge in [0, 0.05) is 8.95 Å². The number of aliphatic hydroxyl groups is 2. The van der Waals surface area contributed by atoms with Crippen LogP contribution in [0.4, 0.5) is 0 Å². The van der Waals surface area contributed by atoms with Gasteiger partial charge in [0.15, 0.2) is 0 Å². The van der Waals surface area contributed by atoms with E-state index in [2.05, 4.69) is 226 Å². The van der Waals surface area contributed by atoms with E-state index in [1.165, 1.54) is 134 Å². The largest absolute Gasteiger partial charge is 0.387 e. The SMILES string of the molecule is Brc1ccc2c(c1)Cc1cc(Br)ccc1-2.CC(C)(O)C(C)(C)O.[B]c1ccc2c(c1)Cc1ccccc1-2.c1ccc2c(c1)Cc1cc(-c3ccc4c(c3)Cc3cc(-c5ccc6c(c5)Cc5ccccc5-6)ccc3-4)ccc1-2. The molecule has 15 rings (SSSR count). The maximum absolute atomic E-state index is 9.10. The summed E-state index contributed by atoms with van der Waals surface area (Å²) >= 11 is 7.03. The fourth-order valence-electron chi connectivity index (χ4n) is 11.5. The standard InChI is InChI=1S/C39H26.C13H9B.C13H8Br2.C6H14O2/c1-3-7-34-28(5-1)21-30-17-24(9-13-36(30)34)26-11-15-38-32(19-26)23-33-20-27(12-16-39(33)38)25-10-14-37-31(18-25)22-29-6-2-4-8-35(29)37;14-11-5-6-13-10(8-11)7-9-3-1-2-4-12(9)13;14-10-1-3-12-8(6-10)5-9-7-11(15)2-4-13(9)12;1-5(2,7)6(3,4)8/h1-20H,21-23H2;1-6,8H,7H2;1-4,6-7H,5H2;7-8H,1-4H3. The number of hydrogen-bond donors (Lipinski definition) is 2. The molecular formula is C71H57BBr2O2. The van der Waals surface area contributed by atoms with Crippen LogP contribution in [-0.4, -0.2) is 29.3 Å². The lowest BCUT2D eigenvalue weighted by Gasteiger charge is -2.31. The molecule has 76 heavy (non-hydrogen) atoms. The highest BCUT2D eigenvalue weighted by Crippen LogP contribution is 2.45. The van der Waals surface area contributed by atoms with Crippen molar-refractivity contribution in [1.29, 1.82) is 0 Å². The molecule has 0 heterocycles. The molecule has 5 heteroatoms. The Labute approximate surface area is 465 Å². The first-order valence-electron chi connectivity index (χ1n) is 26.3. The van der Waals surface area contributed by atoms with E-state index < -0.39 is 11.2 Å². The van der Waals surface area contributed by atoms with Crippen LogP contribution in [0.15, 0.2) is 209 Å². The summed E-state index contributed by atoms with van der Waals surface area (Å²) in [5.74, 6) is 0. The predicted molar refractivity (Wildman–Crippen MR) is 325 cm³/mol. The summed E-state index contributed by atoms with van der Waals surface area (Å²) in [6, 6.07) is 73.6. The third kappa shape index (κ3) is 9.69. The predicted octanol–water partition coefficient (Wildman–Crippen LogP) is 17.1. The van der Waals surface area contributed by atoms with Gasteiger partial charge >= 0.3 is 0 Å². The summed E-state index contributed by atoms with van der Waals surface area (Å²) in [7, 11) is 5.77. The quantitative estimate of drug-likeness (QED) is 0.173. The van der Waals surface area contributed by atoms with Crippen LogP contribution < -0.4 is 5.46 Å². The van der Waals surface area contributed by atoms with Gasteiger partial charge in [-0.15, -0.1) is 0 Å². The second kappa shape index (κ2) is 19.9. The highest BCUT2D eigenvalue weighted by Gasteiger charge is 2.32. The van der Waals surface area contributed by atoms with Gasteiger partial charge in [-0.1, -0.05) is 213 Å². The van der Waals surface area contributed by atoms with Gasteiger partial charge in [-0.25, -0.2) is 0 Å². The Morgan fingerprint density at radius 1 is 0.289 bits per heavy atom. The van der Waals surface area contributed by atoms with E-state index in [-0.39, 0.29) is 0 Å². The first-order valence-corrected chi connectivity index (χ1v) is 27.9. The van der Waals surface area contributed by atoms with Gasteiger partial charge in [0.1, 0.15) is 7.85 Å². The molecule has 0 saturated carbocycles. The molecule has 0 spiro atoms. The second-order valence-corrected chi connectivity index (χ2v) is 23.8. The smallest absolute Gasteiger partial charge is 0.113 e. The Bertz CT molecular complexity index is 3720. The summed E-state index contributed by atoms with van der Waals surface area (Å²) in [5.41, 5.74) is 32.2. The lowest BCUT2D eigenvalue weighted by atomic mass is 9.90. The molecule has 0 saturated heterocycles. The van der Waals surface area contributed by atoms with E-state index in [4.69, 9.17) is 18.1 Å². The van der Waals surface area contributed by atoms with Crippen LogP contribution in [-0.2, 0) is 32.1 Å². The van der Waals surface area contributed by atoms with Gasteiger partial charge in [-0.05, 0) is 218 Å². The zero-order valence-corrected chi connectivity index (χ0v) is 46.5. The molecule has 5 aliphatic rings. The topological polar surface area (TPSA) is 40.5 Å². The van der Waals surface area contributed by atoms with Crippen LogP contribution in [0.5, 0.6) is 0 Å². The van der Waals surface area contributed by atoms with Gasteiger partial charge in [-0.3, -0.25) is 0 Å². The fraction of sp³-hybridized carbons (Fsp3) is 0.155. The molecule has 2 N–H and O–H groups in total. The number of benzene rings is 10. The van der Waals surface area contributed by atoms with E-state index in [1.807, 2.05) is 6.07 Å². The minimum atomic E-state index is -1.01. The molecule has 10 aromatic carbocycles. The van der Waals surface area contributed by atoms with Gasteiger partial charge in [0.25, 0.3) is 0 Å². The number of fused-ring (bicyclic) bond motifs is 15. The normalized spacial score (nSPS) is 13.1. The molecule has 0 atom stereocenters. The van der Waals surface area contributed by atoms with Crippen LogP contribution in [0.25, 0.3) is 77.9 Å². The zero-order valence-electron chi connectivity index (χ0n) is 43.3. The fourth-order valence-corrected chi connectivity index (χ4v) is 12.3. The lowest BCUT2D eigenvalue weighted by Crippen LogP contribution is -2.44. The van der Waals surface area contributed by atoms with Crippen LogP contribution in [0.3, 0.4) is 0 Å². The van der Waals surface area contributed by atoms with Crippen molar-refractivity contribution in [3.63, 3.8) is 0 Å². The average Bonchev–Trinajstić information content (AvgIpc) is 4.28. The van der Waals surface area contributed by atoms with Crippen molar-refractivity contribution >= 4 is 45.2 Å². The van der Waals surface area contributed by atoms with Crippen molar-refractivity contribution in [1.82, 2.24) is 0 Å². The van der Waals surface area contributed by atoms with Crippen LogP contribution in [0.2, 0.25) is 0 Å².